The standard InChI is InChI=1S/C35H37N5O5/c1-35(2,3)45-33(42)37-21-12-14-38(15-13-21)34(43)44-19-20-17-39-25-10-6-4-8-22(25)27-24-16-36-32(41)29(24)28-23-9-5-7-11-26(23)40(18-20)31(28)30(27)39/h4-11,20-21H,12-19H2,1-3H3,(H,36,41)(H,37,42). The Kier molecular flexibility index (Phi) is 6.27. The molecule has 8 rings (SSSR count). The lowest BCUT2D eigenvalue weighted by Gasteiger charge is -2.32. The Labute approximate surface area is 260 Å². The Morgan fingerprint density at radius 1 is 0.911 bits per heavy atom. The van der Waals surface area contributed by atoms with E-state index in [1.807, 2.05) is 32.9 Å². The van der Waals surface area contributed by atoms with Crippen molar-refractivity contribution in [2.24, 2.45) is 5.92 Å². The molecule has 3 amide bonds. The number of ether oxygens (including phenoxy) is 2. The molecule has 1 atom stereocenters. The Bertz CT molecular complexity index is 2040. The maximum absolute atomic E-state index is 13.3. The first-order chi connectivity index (χ1) is 21.7. The lowest BCUT2D eigenvalue weighted by atomic mass is 9.97. The van der Waals surface area contributed by atoms with Crippen molar-refractivity contribution in [3.63, 3.8) is 0 Å². The van der Waals surface area contributed by atoms with Crippen molar-refractivity contribution in [3.8, 4) is 0 Å². The summed E-state index contributed by atoms with van der Waals surface area (Å²) in [4.78, 5) is 40.5. The van der Waals surface area contributed by atoms with E-state index in [2.05, 4.69) is 56.2 Å². The van der Waals surface area contributed by atoms with Crippen LogP contribution in [0.4, 0.5) is 9.59 Å². The molecule has 0 aliphatic carbocycles. The molecule has 0 saturated carbocycles. The van der Waals surface area contributed by atoms with Gasteiger partial charge in [-0.3, -0.25) is 4.79 Å². The fraction of sp³-hybridized carbons (Fsp3) is 0.400. The second-order valence-electron chi connectivity index (χ2n) is 13.6. The second kappa shape index (κ2) is 10.2. The largest absolute Gasteiger partial charge is 0.449 e. The maximum atomic E-state index is 13.3. The molecule has 10 nitrogen and oxygen atoms in total. The van der Waals surface area contributed by atoms with Crippen molar-refractivity contribution in [3.05, 3.63) is 59.7 Å². The van der Waals surface area contributed by atoms with Crippen LogP contribution in [0, 0.1) is 5.92 Å². The van der Waals surface area contributed by atoms with Crippen LogP contribution in [0.15, 0.2) is 48.5 Å². The number of likely N-dealkylation sites (tertiary alicyclic amines) is 1. The third-order valence-electron chi connectivity index (χ3n) is 9.47. The van der Waals surface area contributed by atoms with Crippen molar-refractivity contribution in [1.29, 1.82) is 0 Å². The third kappa shape index (κ3) is 4.49. The lowest BCUT2D eigenvalue weighted by molar-refractivity contribution is 0.0465. The molecular weight excluding hydrogens is 570 g/mol. The number of piperidine rings is 1. The highest BCUT2D eigenvalue weighted by atomic mass is 16.6. The van der Waals surface area contributed by atoms with Gasteiger partial charge in [0.15, 0.2) is 0 Å². The summed E-state index contributed by atoms with van der Waals surface area (Å²) < 4.78 is 16.1. The maximum Gasteiger partial charge on any atom is 0.409 e. The lowest BCUT2D eigenvalue weighted by Crippen LogP contribution is -2.48. The van der Waals surface area contributed by atoms with Crippen LogP contribution < -0.4 is 10.6 Å². The number of hydrogen-bond donors (Lipinski definition) is 2. The zero-order valence-electron chi connectivity index (χ0n) is 25.8. The molecule has 2 aromatic heterocycles. The van der Waals surface area contributed by atoms with Gasteiger partial charge in [0, 0.05) is 77.3 Å². The molecule has 232 valence electrons. The summed E-state index contributed by atoms with van der Waals surface area (Å²) in [6.45, 7) is 8.66. The van der Waals surface area contributed by atoms with E-state index in [-0.39, 0.29) is 30.6 Å². The molecule has 0 spiro atoms. The molecule has 45 heavy (non-hydrogen) atoms. The van der Waals surface area contributed by atoms with Crippen molar-refractivity contribution in [2.75, 3.05) is 19.7 Å². The van der Waals surface area contributed by atoms with E-state index in [9.17, 15) is 14.4 Å². The van der Waals surface area contributed by atoms with E-state index >= 15 is 0 Å². The minimum Gasteiger partial charge on any atom is -0.449 e. The van der Waals surface area contributed by atoms with Gasteiger partial charge in [-0.1, -0.05) is 36.4 Å². The monoisotopic (exact) mass is 607 g/mol. The average molecular weight is 608 g/mol. The summed E-state index contributed by atoms with van der Waals surface area (Å²) in [6, 6.07) is 16.7. The van der Waals surface area contributed by atoms with Crippen LogP contribution in [-0.2, 0) is 29.1 Å². The highest BCUT2D eigenvalue weighted by Crippen LogP contribution is 2.46. The van der Waals surface area contributed by atoms with E-state index in [0.29, 0.717) is 45.6 Å². The van der Waals surface area contributed by atoms with E-state index in [0.717, 1.165) is 54.7 Å². The number of alkyl carbamates (subject to hydrolysis) is 1. The fourth-order valence-corrected chi connectivity index (χ4v) is 7.64. The van der Waals surface area contributed by atoms with Crippen molar-refractivity contribution >= 4 is 61.7 Å². The topological polar surface area (TPSA) is 107 Å². The Balaban J connectivity index is 1.09. The van der Waals surface area contributed by atoms with E-state index in [4.69, 9.17) is 9.47 Å². The van der Waals surface area contributed by atoms with Crippen LogP contribution >= 0.6 is 0 Å². The van der Waals surface area contributed by atoms with Gasteiger partial charge in [0.05, 0.1) is 23.2 Å². The van der Waals surface area contributed by atoms with Crippen molar-refractivity contribution in [2.45, 2.75) is 64.9 Å². The molecule has 0 radical (unpaired) electrons. The summed E-state index contributed by atoms with van der Waals surface area (Å²) in [5, 5.41) is 10.4. The van der Waals surface area contributed by atoms with Gasteiger partial charge in [-0.25, -0.2) is 9.59 Å². The third-order valence-corrected chi connectivity index (χ3v) is 9.47. The molecule has 1 unspecified atom stereocenters. The van der Waals surface area contributed by atoms with E-state index < -0.39 is 11.7 Å². The molecule has 1 saturated heterocycles. The number of aromatic nitrogens is 2. The molecule has 1 fully saturated rings. The molecule has 3 aliphatic rings. The normalized spacial score (nSPS) is 18.5. The molecule has 3 aromatic carbocycles. The second-order valence-corrected chi connectivity index (χ2v) is 13.6. The molecule has 2 N–H and O–H groups in total. The summed E-state index contributed by atoms with van der Waals surface area (Å²) >= 11 is 0. The summed E-state index contributed by atoms with van der Waals surface area (Å²) in [5.74, 6) is -0.0131. The van der Waals surface area contributed by atoms with E-state index in [1.165, 1.54) is 0 Å². The smallest absolute Gasteiger partial charge is 0.409 e. The number of nitrogens with one attached hydrogen (secondary N) is 2. The van der Waals surface area contributed by atoms with Gasteiger partial charge in [0.25, 0.3) is 5.91 Å². The van der Waals surface area contributed by atoms with Gasteiger partial charge in [0.1, 0.15) is 5.60 Å². The Hall–Kier alpha value is -4.73. The predicted molar refractivity (Wildman–Crippen MR) is 172 cm³/mol. The Morgan fingerprint density at radius 2 is 1.51 bits per heavy atom. The highest BCUT2D eigenvalue weighted by Gasteiger charge is 2.35. The number of carbonyl (C=O) groups is 3. The molecule has 0 bridgehead atoms. The number of carbonyl (C=O) groups excluding carboxylic acids is 3. The number of rotatable bonds is 3. The Morgan fingerprint density at radius 3 is 2.16 bits per heavy atom. The quantitative estimate of drug-likeness (QED) is 0.266. The summed E-state index contributed by atoms with van der Waals surface area (Å²) in [5.41, 5.74) is 5.71. The fourth-order valence-electron chi connectivity index (χ4n) is 7.64. The first kappa shape index (κ1) is 27.8. The zero-order chi connectivity index (χ0) is 31.0. The first-order valence-electron chi connectivity index (χ1n) is 15.8. The molecule has 5 aromatic rings. The van der Waals surface area contributed by atoms with Crippen LogP contribution in [-0.4, -0.2) is 63.5 Å². The van der Waals surface area contributed by atoms with Crippen LogP contribution in [0.25, 0.3) is 43.6 Å². The van der Waals surface area contributed by atoms with Gasteiger partial charge >= 0.3 is 12.2 Å². The highest BCUT2D eigenvalue weighted by molar-refractivity contribution is 6.30. The number of benzene rings is 3. The number of para-hydroxylation sites is 2. The van der Waals surface area contributed by atoms with Crippen LogP contribution in [0.3, 0.4) is 0 Å². The van der Waals surface area contributed by atoms with Crippen LogP contribution in [0.2, 0.25) is 0 Å². The minimum atomic E-state index is -0.555. The predicted octanol–water partition coefficient (Wildman–Crippen LogP) is 5.90. The van der Waals surface area contributed by atoms with Gasteiger partial charge in [-0.15, -0.1) is 0 Å². The van der Waals surface area contributed by atoms with Gasteiger partial charge < -0.3 is 34.1 Å². The van der Waals surface area contributed by atoms with Gasteiger partial charge in [0.2, 0.25) is 0 Å². The van der Waals surface area contributed by atoms with Crippen molar-refractivity contribution < 1.29 is 23.9 Å². The number of nitrogens with zero attached hydrogens (tertiary/aromatic N) is 3. The van der Waals surface area contributed by atoms with Crippen molar-refractivity contribution in [1.82, 2.24) is 24.7 Å². The number of fused-ring (bicyclic) bond motifs is 9. The number of hydrogen-bond acceptors (Lipinski definition) is 5. The van der Waals surface area contributed by atoms with E-state index in [1.54, 1.807) is 4.90 Å². The molecule has 3 aliphatic heterocycles. The van der Waals surface area contributed by atoms with Gasteiger partial charge in [-0.2, -0.15) is 0 Å². The first-order valence-corrected chi connectivity index (χ1v) is 15.8. The molecule has 5 heterocycles. The average Bonchev–Trinajstić information content (AvgIpc) is 3.61. The minimum absolute atomic E-state index is 0.00871. The summed E-state index contributed by atoms with van der Waals surface area (Å²) in [7, 11) is 0. The van der Waals surface area contributed by atoms with Gasteiger partial charge in [-0.05, 0) is 51.3 Å². The SMILES string of the molecule is CC(C)(C)OC(=O)NC1CCN(C(=O)OCC2Cn3c4ccccc4c4c5c(c6c7ccccc7n(c6c43)C2)C(=O)NC5)CC1. The number of amides is 3. The molecular formula is C35H37N5O5. The van der Waals surface area contributed by atoms with Crippen LogP contribution in [0.1, 0.15) is 49.5 Å². The summed E-state index contributed by atoms with van der Waals surface area (Å²) in [6.07, 6.45) is 0.535. The zero-order valence-corrected chi connectivity index (χ0v) is 25.8. The van der Waals surface area contributed by atoms with Crippen LogP contribution in [0.5, 0.6) is 0 Å². The molecule has 10 heteroatoms.